The standard InChI is InChI=1S/C11H20N2O3/c1-8(2)12(4)10(16)13-6-5-11(3,7-13)9(14)15/h8H,5-7H2,1-4H3,(H,14,15). The molecule has 0 bridgehead atoms. The largest absolute Gasteiger partial charge is 0.481 e. The number of hydrogen-bond acceptors (Lipinski definition) is 2. The van der Waals surface area contributed by atoms with Gasteiger partial charge in [-0.15, -0.1) is 0 Å². The van der Waals surface area contributed by atoms with Gasteiger partial charge in [-0.2, -0.15) is 0 Å². The van der Waals surface area contributed by atoms with Crippen LogP contribution in [0.15, 0.2) is 0 Å². The van der Waals surface area contributed by atoms with Gasteiger partial charge in [0.25, 0.3) is 0 Å². The molecule has 1 aliphatic rings. The maximum Gasteiger partial charge on any atom is 0.320 e. The lowest BCUT2D eigenvalue weighted by atomic mass is 9.90. The number of hydrogen-bond donors (Lipinski definition) is 1. The Morgan fingerprint density at radius 3 is 2.38 bits per heavy atom. The fourth-order valence-electron chi connectivity index (χ4n) is 1.74. The lowest BCUT2D eigenvalue weighted by Crippen LogP contribution is -2.44. The van der Waals surface area contributed by atoms with E-state index < -0.39 is 11.4 Å². The molecule has 5 heteroatoms. The molecule has 1 atom stereocenters. The molecule has 1 rings (SSSR count). The second-order valence-corrected chi connectivity index (χ2v) is 5.02. The average Bonchev–Trinajstić information content (AvgIpc) is 2.60. The highest BCUT2D eigenvalue weighted by atomic mass is 16.4. The maximum absolute atomic E-state index is 12.0. The van der Waals surface area contributed by atoms with Crippen molar-refractivity contribution >= 4 is 12.0 Å². The predicted molar refractivity (Wildman–Crippen MR) is 60.2 cm³/mol. The summed E-state index contributed by atoms with van der Waals surface area (Å²) in [5, 5.41) is 9.07. The summed E-state index contributed by atoms with van der Waals surface area (Å²) in [5.41, 5.74) is -0.784. The van der Waals surface area contributed by atoms with Gasteiger partial charge in [-0.25, -0.2) is 4.79 Å². The van der Waals surface area contributed by atoms with Crippen LogP contribution in [0.25, 0.3) is 0 Å². The van der Waals surface area contributed by atoms with Gasteiger partial charge in [-0.05, 0) is 27.2 Å². The van der Waals surface area contributed by atoms with Gasteiger partial charge in [0.15, 0.2) is 0 Å². The van der Waals surface area contributed by atoms with E-state index in [0.29, 0.717) is 19.5 Å². The third-order valence-corrected chi connectivity index (χ3v) is 3.34. The van der Waals surface area contributed by atoms with Crippen LogP contribution >= 0.6 is 0 Å². The molecule has 1 unspecified atom stereocenters. The van der Waals surface area contributed by atoms with Gasteiger partial charge in [0.2, 0.25) is 0 Å². The lowest BCUT2D eigenvalue weighted by molar-refractivity contribution is -0.147. The third kappa shape index (κ3) is 2.28. The van der Waals surface area contributed by atoms with E-state index in [1.807, 2.05) is 13.8 Å². The molecule has 1 aliphatic heterocycles. The minimum Gasteiger partial charge on any atom is -0.481 e. The van der Waals surface area contributed by atoms with E-state index >= 15 is 0 Å². The molecule has 2 amide bonds. The quantitative estimate of drug-likeness (QED) is 0.773. The molecule has 92 valence electrons. The third-order valence-electron chi connectivity index (χ3n) is 3.34. The van der Waals surface area contributed by atoms with Crippen molar-refractivity contribution < 1.29 is 14.7 Å². The molecule has 1 heterocycles. The van der Waals surface area contributed by atoms with E-state index in [9.17, 15) is 9.59 Å². The van der Waals surface area contributed by atoms with Crippen LogP contribution in [0.2, 0.25) is 0 Å². The van der Waals surface area contributed by atoms with Crippen molar-refractivity contribution in [1.29, 1.82) is 0 Å². The Hall–Kier alpha value is -1.26. The van der Waals surface area contributed by atoms with E-state index in [2.05, 4.69) is 0 Å². The van der Waals surface area contributed by atoms with Crippen LogP contribution < -0.4 is 0 Å². The Kier molecular flexibility index (Phi) is 3.45. The summed E-state index contributed by atoms with van der Waals surface area (Å²) in [4.78, 5) is 26.3. The fraction of sp³-hybridized carbons (Fsp3) is 0.818. The van der Waals surface area contributed by atoms with Crippen LogP contribution in [0.5, 0.6) is 0 Å². The number of rotatable bonds is 2. The van der Waals surface area contributed by atoms with Crippen LogP contribution in [-0.2, 0) is 4.79 Å². The van der Waals surface area contributed by atoms with Gasteiger partial charge in [-0.3, -0.25) is 4.79 Å². The maximum atomic E-state index is 12.0. The molecule has 5 nitrogen and oxygen atoms in total. The molecule has 16 heavy (non-hydrogen) atoms. The van der Waals surface area contributed by atoms with E-state index in [-0.39, 0.29) is 12.1 Å². The van der Waals surface area contributed by atoms with E-state index in [4.69, 9.17) is 5.11 Å². The Morgan fingerprint density at radius 2 is 2.00 bits per heavy atom. The zero-order chi connectivity index (χ0) is 12.5. The van der Waals surface area contributed by atoms with E-state index in [1.165, 1.54) is 0 Å². The zero-order valence-corrected chi connectivity index (χ0v) is 10.4. The molecule has 0 radical (unpaired) electrons. The molecular weight excluding hydrogens is 208 g/mol. The summed E-state index contributed by atoms with van der Waals surface area (Å²) in [5.74, 6) is -0.824. The Labute approximate surface area is 96.0 Å². The van der Waals surface area contributed by atoms with E-state index in [0.717, 1.165) is 0 Å². The second-order valence-electron chi connectivity index (χ2n) is 5.02. The minimum absolute atomic E-state index is 0.0834. The van der Waals surface area contributed by atoms with Crippen LogP contribution in [0.4, 0.5) is 4.79 Å². The Balaban J connectivity index is 2.67. The Morgan fingerprint density at radius 1 is 1.44 bits per heavy atom. The van der Waals surface area contributed by atoms with Crippen LogP contribution in [-0.4, -0.2) is 53.1 Å². The van der Waals surface area contributed by atoms with Crippen molar-refractivity contribution in [3.63, 3.8) is 0 Å². The van der Waals surface area contributed by atoms with Crippen LogP contribution in [0, 0.1) is 5.41 Å². The van der Waals surface area contributed by atoms with Crippen LogP contribution in [0.1, 0.15) is 27.2 Å². The smallest absolute Gasteiger partial charge is 0.320 e. The molecule has 1 fully saturated rings. The summed E-state index contributed by atoms with van der Waals surface area (Å²) in [6.07, 6.45) is 0.528. The van der Waals surface area contributed by atoms with Gasteiger partial charge in [0.1, 0.15) is 0 Å². The summed E-state index contributed by atoms with van der Waals surface area (Å²) in [7, 11) is 1.74. The molecule has 0 aromatic carbocycles. The molecule has 0 aromatic heterocycles. The normalized spacial score (nSPS) is 24.9. The number of carboxylic acid groups (broad SMARTS) is 1. The van der Waals surface area contributed by atoms with Gasteiger partial charge in [0, 0.05) is 26.2 Å². The molecule has 1 saturated heterocycles. The van der Waals surface area contributed by atoms with Crippen molar-refractivity contribution in [2.24, 2.45) is 5.41 Å². The predicted octanol–water partition coefficient (Wildman–Crippen LogP) is 1.24. The van der Waals surface area contributed by atoms with E-state index in [1.54, 1.807) is 23.8 Å². The number of carboxylic acids is 1. The Bertz CT molecular complexity index is 304. The van der Waals surface area contributed by atoms with Crippen molar-refractivity contribution in [2.45, 2.75) is 33.2 Å². The first-order valence-electron chi connectivity index (χ1n) is 5.53. The fourth-order valence-corrected chi connectivity index (χ4v) is 1.74. The average molecular weight is 228 g/mol. The minimum atomic E-state index is -0.824. The molecule has 0 saturated carbocycles. The number of likely N-dealkylation sites (tertiary alicyclic amines) is 1. The summed E-state index contributed by atoms with van der Waals surface area (Å²) in [6, 6.07) is 0.0455. The molecule has 1 N–H and O–H groups in total. The number of aliphatic carboxylic acids is 1. The lowest BCUT2D eigenvalue weighted by Gasteiger charge is -2.28. The first kappa shape index (κ1) is 12.8. The number of carbonyl (C=O) groups is 2. The van der Waals surface area contributed by atoms with Crippen molar-refractivity contribution in [2.75, 3.05) is 20.1 Å². The summed E-state index contributed by atoms with van der Waals surface area (Å²) in [6.45, 7) is 6.39. The number of nitrogens with zero attached hydrogens (tertiary/aromatic N) is 2. The molecule has 0 aliphatic carbocycles. The first-order chi connectivity index (χ1) is 7.28. The van der Waals surface area contributed by atoms with Gasteiger partial charge < -0.3 is 14.9 Å². The highest BCUT2D eigenvalue weighted by Crippen LogP contribution is 2.30. The first-order valence-corrected chi connectivity index (χ1v) is 5.53. The van der Waals surface area contributed by atoms with Gasteiger partial charge in [0.05, 0.1) is 5.41 Å². The van der Waals surface area contributed by atoms with Crippen molar-refractivity contribution in [3.05, 3.63) is 0 Å². The summed E-state index contributed by atoms with van der Waals surface area (Å²) >= 11 is 0. The zero-order valence-electron chi connectivity index (χ0n) is 10.4. The van der Waals surface area contributed by atoms with Crippen molar-refractivity contribution in [3.8, 4) is 0 Å². The second kappa shape index (κ2) is 4.31. The van der Waals surface area contributed by atoms with Crippen molar-refractivity contribution in [1.82, 2.24) is 9.80 Å². The topological polar surface area (TPSA) is 60.9 Å². The monoisotopic (exact) mass is 228 g/mol. The number of amides is 2. The number of urea groups is 1. The number of carbonyl (C=O) groups excluding carboxylic acids is 1. The van der Waals surface area contributed by atoms with Gasteiger partial charge in [-0.1, -0.05) is 0 Å². The highest BCUT2D eigenvalue weighted by molar-refractivity contribution is 5.79. The molecule has 0 aromatic rings. The summed E-state index contributed by atoms with van der Waals surface area (Å²) < 4.78 is 0. The molecule has 0 spiro atoms. The van der Waals surface area contributed by atoms with Crippen LogP contribution in [0.3, 0.4) is 0 Å². The SMILES string of the molecule is CC(C)N(C)C(=O)N1CCC(C)(C(=O)O)C1. The molecular formula is C11H20N2O3. The van der Waals surface area contributed by atoms with Gasteiger partial charge >= 0.3 is 12.0 Å². The highest BCUT2D eigenvalue weighted by Gasteiger charge is 2.42.